The number of rotatable bonds is 3. The normalized spacial score (nSPS) is 11.3. The molecule has 15 heavy (non-hydrogen) atoms. The molecule has 0 heterocycles. The summed E-state index contributed by atoms with van der Waals surface area (Å²) in [5, 5.41) is 8.79. The summed E-state index contributed by atoms with van der Waals surface area (Å²) in [7, 11) is 1.32. The van der Waals surface area contributed by atoms with Crippen LogP contribution in [0.1, 0.15) is 5.56 Å². The lowest BCUT2D eigenvalue weighted by atomic mass is 10.2. The molecule has 0 aliphatic carbocycles. The minimum atomic E-state index is -4.78. The maximum Gasteiger partial charge on any atom is 0.573 e. The number of ether oxygens (including phenoxy) is 2. The minimum absolute atomic E-state index is 0.0492. The monoisotopic (exact) mass is 222 g/mol. The van der Waals surface area contributed by atoms with Crippen molar-refractivity contribution in [2.45, 2.75) is 13.0 Å². The summed E-state index contributed by atoms with van der Waals surface area (Å²) in [6.07, 6.45) is -4.78. The van der Waals surface area contributed by atoms with Crippen molar-refractivity contribution in [1.82, 2.24) is 0 Å². The van der Waals surface area contributed by atoms with E-state index in [1.165, 1.54) is 19.2 Å². The van der Waals surface area contributed by atoms with Gasteiger partial charge >= 0.3 is 6.36 Å². The van der Waals surface area contributed by atoms with Crippen LogP contribution >= 0.6 is 0 Å². The van der Waals surface area contributed by atoms with Crippen LogP contribution in [0.4, 0.5) is 13.2 Å². The van der Waals surface area contributed by atoms with Gasteiger partial charge in [0.05, 0.1) is 13.7 Å². The average Bonchev–Trinajstić information content (AvgIpc) is 2.15. The van der Waals surface area contributed by atoms with Gasteiger partial charge in [-0.1, -0.05) is 0 Å². The molecule has 0 spiro atoms. The fourth-order valence-corrected chi connectivity index (χ4v) is 1.01. The number of aliphatic hydroxyl groups is 1. The van der Waals surface area contributed by atoms with Gasteiger partial charge in [0, 0.05) is 11.6 Å². The second kappa shape index (κ2) is 4.39. The number of alkyl halides is 3. The van der Waals surface area contributed by atoms with Gasteiger partial charge in [0.1, 0.15) is 11.5 Å². The number of aliphatic hydroxyl groups excluding tert-OH is 1. The van der Waals surface area contributed by atoms with Crippen LogP contribution in [-0.2, 0) is 6.61 Å². The third-order valence-electron chi connectivity index (χ3n) is 1.67. The van der Waals surface area contributed by atoms with E-state index >= 15 is 0 Å². The van der Waals surface area contributed by atoms with Crippen molar-refractivity contribution in [2.24, 2.45) is 0 Å². The maximum absolute atomic E-state index is 11.9. The van der Waals surface area contributed by atoms with Crippen molar-refractivity contribution in [3.63, 3.8) is 0 Å². The van der Waals surface area contributed by atoms with E-state index < -0.39 is 18.7 Å². The van der Waals surface area contributed by atoms with Crippen molar-refractivity contribution >= 4 is 0 Å². The van der Waals surface area contributed by atoms with Crippen LogP contribution in [0, 0.1) is 0 Å². The highest BCUT2D eigenvalue weighted by Crippen LogP contribution is 2.29. The van der Waals surface area contributed by atoms with Crippen LogP contribution in [0.5, 0.6) is 11.5 Å². The van der Waals surface area contributed by atoms with Gasteiger partial charge in [0.2, 0.25) is 0 Å². The zero-order chi connectivity index (χ0) is 11.5. The van der Waals surface area contributed by atoms with Gasteiger partial charge in [-0.05, 0) is 12.1 Å². The molecule has 1 rings (SSSR count). The topological polar surface area (TPSA) is 38.7 Å². The lowest BCUT2D eigenvalue weighted by Crippen LogP contribution is -2.18. The molecule has 1 aromatic carbocycles. The van der Waals surface area contributed by atoms with E-state index in [2.05, 4.69) is 4.74 Å². The SMILES string of the molecule is COc1ccc(CO)c(OC(F)(F)F)c1. The third-order valence-corrected chi connectivity index (χ3v) is 1.67. The van der Waals surface area contributed by atoms with Gasteiger partial charge < -0.3 is 14.6 Å². The lowest BCUT2D eigenvalue weighted by molar-refractivity contribution is -0.275. The summed E-state index contributed by atoms with van der Waals surface area (Å²) in [4.78, 5) is 0. The van der Waals surface area contributed by atoms with E-state index in [0.717, 1.165) is 6.07 Å². The molecule has 0 aliphatic rings. The third kappa shape index (κ3) is 3.32. The number of hydrogen-bond acceptors (Lipinski definition) is 3. The number of benzene rings is 1. The second-order valence-electron chi connectivity index (χ2n) is 2.68. The Morgan fingerprint density at radius 3 is 2.47 bits per heavy atom. The second-order valence-corrected chi connectivity index (χ2v) is 2.68. The van der Waals surface area contributed by atoms with E-state index in [-0.39, 0.29) is 11.3 Å². The van der Waals surface area contributed by atoms with Crippen LogP contribution in [0.2, 0.25) is 0 Å². The number of halogens is 3. The first-order chi connectivity index (χ1) is 6.96. The van der Waals surface area contributed by atoms with Crippen LogP contribution in [-0.4, -0.2) is 18.6 Å². The highest BCUT2D eigenvalue weighted by Gasteiger charge is 2.32. The minimum Gasteiger partial charge on any atom is -0.497 e. The quantitative estimate of drug-likeness (QED) is 0.850. The molecule has 0 aromatic heterocycles. The lowest BCUT2D eigenvalue weighted by Gasteiger charge is -2.13. The molecule has 0 unspecified atom stereocenters. The van der Waals surface area contributed by atoms with E-state index in [4.69, 9.17) is 9.84 Å². The summed E-state index contributed by atoms with van der Waals surface area (Å²) < 4.78 is 44.3. The molecule has 0 saturated heterocycles. The first-order valence-electron chi connectivity index (χ1n) is 4.00. The molecule has 0 radical (unpaired) electrons. The van der Waals surface area contributed by atoms with E-state index in [0.29, 0.717) is 0 Å². The van der Waals surface area contributed by atoms with Gasteiger partial charge in [-0.3, -0.25) is 0 Å². The first kappa shape index (κ1) is 11.6. The molecule has 3 nitrogen and oxygen atoms in total. The zero-order valence-corrected chi connectivity index (χ0v) is 7.84. The first-order valence-corrected chi connectivity index (χ1v) is 4.00. The molecule has 84 valence electrons. The Labute approximate surface area is 84.0 Å². The van der Waals surface area contributed by atoms with E-state index in [1.54, 1.807) is 0 Å². The van der Waals surface area contributed by atoms with Gasteiger partial charge in [0.25, 0.3) is 0 Å². The van der Waals surface area contributed by atoms with Crippen molar-refractivity contribution < 1.29 is 27.8 Å². The molecule has 6 heteroatoms. The van der Waals surface area contributed by atoms with Crippen molar-refractivity contribution in [3.8, 4) is 11.5 Å². The number of methoxy groups -OCH3 is 1. The fourth-order valence-electron chi connectivity index (χ4n) is 1.01. The van der Waals surface area contributed by atoms with Crippen molar-refractivity contribution in [3.05, 3.63) is 23.8 Å². The molecule has 0 fully saturated rings. The predicted octanol–water partition coefficient (Wildman–Crippen LogP) is 2.09. The molecule has 0 amide bonds. The largest absolute Gasteiger partial charge is 0.573 e. The summed E-state index contributed by atoms with van der Waals surface area (Å²) in [5.74, 6) is -0.226. The highest BCUT2D eigenvalue weighted by atomic mass is 19.4. The van der Waals surface area contributed by atoms with Gasteiger partial charge in [-0.25, -0.2) is 0 Å². The van der Waals surface area contributed by atoms with Crippen LogP contribution in [0.3, 0.4) is 0 Å². The molecule has 1 aromatic rings. The molecule has 0 saturated carbocycles. The maximum atomic E-state index is 11.9. The summed E-state index contributed by atoms with van der Waals surface area (Å²) in [6.45, 7) is -0.532. The molecular weight excluding hydrogens is 213 g/mol. The zero-order valence-electron chi connectivity index (χ0n) is 7.84. The summed E-state index contributed by atoms with van der Waals surface area (Å²) in [5.41, 5.74) is 0.0492. The van der Waals surface area contributed by atoms with Crippen LogP contribution < -0.4 is 9.47 Å². The molecule has 1 N–H and O–H groups in total. The highest BCUT2D eigenvalue weighted by molar-refractivity contribution is 5.40. The predicted molar refractivity (Wildman–Crippen MR) is 45.6 cm³/mol. The molecule has 0 bridgehead atoms. The Bertz CT molecular complexity index is 336. The Balaban J connectivity index is 3.01. The van der Waals surface area contributed by atoms with Crippen LogP contribution in [0.15, 0.2) is 18.2 Å². The standard InChI is InChI=1S/C9H9F3O3/c1-14-7-3-2-6(5-13)8(4-7)15-9(10,11)12/h2-4,13H,5H2,1H3. The fraction of sp³-hybridized carbons (Fsp3) is 0.333. The van der Waals surface area contributed by atoms with Crippen molar-refractivity contribution in [2.75, 3.05) is 7.11 Å². The smallest absolute Gasteiger partial charge is 0.497 e. The molecule has 0 aliphatic heterocycles. The molecule has 0 atom stereocenters. The van der Waals surface area contributed by atoms with Gasteiger partial charge in [-0.2, -0.15) is 0 Å². The van der Waals surface area contributed by atoms with Crippen LogP contribution in [0.25, 0.3) is 0 Å². The Morgan fingerprint density at radius 2 is 2.00 bits per heavy atom. The average molecular weight is 222 g/mol. The summed E-state index contributed by atoms with van der Waals surface area (Å²) >= 11 is 0. The van der Waals surface area contributed by atoms with E-state index in [1.807, 2.05) is 0 Å². The van der Waals surface area contributed by atoms with Gasteiger partial charge in [-0.15, -0.1) is 13.2 Å². The Hall–Kier alpha value is -1.43. The summed E-state index contributed by atoms with van der Waals surface area (Å²) in [6, 6.07) is 3.81. The Morgan fingerprint density at radius 1 is 1.33 bits per heavy atom. The van der Waals surface area contributed by atoms with Gasteiger partial charge in [0.15, 0.2) is 0 Å². The molecular formula is C9H9F3O3. The number of hydrogen-bond donors (Lipinski definition) is 1. The van der Waals surface area contributed by atoms with E-state index in [9.17, 15) is 13.2 Å². The Kier molecular flexibility index (Phi) is 3.41. The van der Waals surface area contributed by atoms with Crippen molar-refractivity contribution in [1.29, 1.82) is 0 Å².